The van der Waals surface area contributed by atoms with Gasteiger partial charge in [0.2, 0.25) is 17.8 Å². The highest BCUT2D eigenvalue weighted by atomic mass is 16.1. The second-order valence-electron chi connectivity index (χ2n) is 9.23. The molecule has 2 unspecified atom stereocenters. The van der Waals surface area contributed by atoms with Crippen LogP contribution in [0.15, 0.2) is 23.0 Å². The Hall–Kier alpha value is -2.64. The largest absolute Gasteiger partial charge is 0.341 e. The summed E-state index contributed by atoms with van der Waals surface area (Å²) >= 11 is 0. The summed E-state index contributed by atoms with van der Waals surface area (Å²) in [6.45, 7) is 6.69. The van der Waals surface area contributed by atoms with Crippen molar-refractivity contribution in [3.8, 4) is 0 Å². The van der Waals surface area contributed by atoms with E-state index in [0.717, 1.165) is 75.8 Å². The van der Waals surface area contributed by atoms with Crippen molar-refractivity contribution >= 4 is 17.8 Å². The molecule has 8 heteroatoms. The van der Waals surface area contributed by atoms with Crippen molar-refractivity contribution in [2.75, 3.05) is 54.0 Å². The molecule has 3 saturated heterocycles. The highest BCUT2D eigenvalue weighted by Crippen LogP contribution is 2.36. The van der Waals surface area contributed by atoms with Gasteiger partial charge < -0.3 is 19.3 Å². The molecule has 0 radical (unpaired) electrons. The lowest BCUT2D eigenvalue weighted by Crippen LogP contribution is -2.47. The molecule has 4 aliphatic rings. The SMILES string of the molecule is O=c1cccc2n1CC1CC2CN(c2nc(N3CCCC3)nc(N3CCCC3)n2)C1. The number of pyridine rings is 1. The first-order valence-electron chi connectivity index (χ1n) is 11.5. The third-order valence-electron chi connectivity index (χ3n) is 7.14. The van der Waals surface area contributed by atoms with Crippen molar-refractivity contribution < 1.29 is 0 Å². The van der Waals surface area contributed by atoms with E-state index in [4.69, 9.17) is 15.0 Å². The van der Waals surface area contributed by atoms with Crippen LogP contribution in [0, 0.1) is 5.92 Å². The zero-order valence-corrected chi connectivity index (χ0v) is 17.4. The molecule has 6 rings (SSSR count). The quantitative estimate of drug-likeness (QED) is 0.769. The average molecular weight is 408 g/mol. The lowest BCUT2D eigenvalue weighted by Gasteiger charge is -2.42. The van der Waals surface area contributed by atoms with Crippen molar-refractivity contribution in [2.45, 2.75) is 44.6 Å². The topological polar surface area (TPSA) is 70.4 Å². The van der Waals surface area contributed by atoms with E-state index in [1.54, 1.807) is 6.07 Å². The van der Waals surface area contributed by atoms with Gasteiger partial charge in [0.15, 0.2) is 0 Å². The summed E-state index contributed by atoms with van der Waals surface area (Å²) in [5, 5.41) is 0. The van der Waals surface area contributed by atoms with Crippen LogP contribution in [0.25, 0.3) is 0 Å². The minimum absolute atomic E-state index is 0.128. The number of aromatic nitrogens is 4. The number of fused-ring (bicyclic) bond motifs is 4. The fourth-order valence-corrected chi connectivity index (χ4v) is 5.66. The van der Waals surface area contributed by atoms with Crippen molar-refractivity contribution in [3.05, 3.63) is 34.2 Å². The molecule has 6 heterocycles. The number of hydrogen-bond donors (Lipinski definition) is 0. The molecule has 30 heavy (non-hydrogen) atoms. The number of nitrogens with zero attached hydrogens (tertiary/aromatic N) is 7. The van der Waals surface area contributed by atoms with E-state index < -0.39 is 0 Å². The standard InChI is InChI=1S/C22H29N7O/c30-19-7-5-6-18-17-12-16(14-29(18)19)13-28(15-17)22-24-20(26-8-1-2-9-26)23-21(25-22)27-10-3-4-11-27/h5-7,16-17H,1-4,8-15H2. The summed E-state index contributed by atoms with van der Waals surface area (Å²) < 4.78 is 1.98. The van der Waals surface area contributed by atoms with E-state index in [-0.39, 0.29) is 5.56 Å². The molecule has 158 valence electrons. The van der Waals surface area contributed by atoms with Crippen LogP contribution in [-0.4, -0.2) is 58.8 Å². The molecule has 0 aromatic carbocycles. The van der Waals surface area contributed by atoms with Crippen LogP contribution in [-0.2, 0) is 6.54 Å². The van der Waals surface area contributed by atoms with E-state index >= 15 is 0 Å². The second-order valence-corrected chi connectivity index (χ2v) is 9.23. The Morgan fingerprint density at radius 2 is 1.33 bits per heavy atom. The van der Waals surface area contributed by atoms with Gasteiger partial charge in [-0.25, -0.2) is 0 Å². The Bertz CT molecular complexity index is 959. The zero-order chi connectivity index (χ0) is 20.1. The van der Waals surface area contributed by atoms with E-state index in [9.17, 15) is 4.79 Å². The fourth-order valence-electron chi connectivity index (χ4n) is 5.66. The molecular formula is C22H29N7O. The van der Waals surface area contributed by atoms with Crippen LogP contribution in [0.3, 0.4) is 0 Å². The highest BCUT2D eigenvalue weighted by Gasteiger charge is 2.36. The monoisotopic (exact) mass is 407 g/mol. The molecule has 2 atom stereocenters. The van der Waals surface area contributed by atoms with Crippen LogP contribution in [0.2, 0.25) is 0 Å². The van der Waals surface area contributed by atoms with Crippen LogP contribution in [0.1, 0.15) is 43.7 Å². The Kier molecular flexibility index (Phi) is 4.39. The van der Waals surface area contributed by atoms with Crippen LogP contribution < -0.4 is 20.3 Å². The number of piperidine rings is 1. The van der Waals surface area contributed by atoms with E-state index in [1.807, 2.05) is 10.6 Å². The molecule has 0 N–H and O–H groups in total. The van der Waals surface area contributed by atoms with E-state index in [1.165, 1.54) is 25.7 Å². The lowest BCUT2D eigenvalue weighted by atomic mass is 9.83. The van der Waals surface area contributed by atoms with Gasteiger partial charge in [0.05, 0.1) is 0 Å². The van der Waals surface area contributed by atoms with Gasteiger partial charge in [-0.15, -0.1) is 0 Å². The third-order valence-corrected chi connectivity index (χ3v) is 7.14. The molecule has 4 aliphatic heterocycles. The summed E-state index contributed by atoms with van der Waals surface area (Å²) in [4.78, 5) is 34.1. The first-order chi connectivity index (χ1) is 14.7. The minimum Gasteiger partial charge on any atom is -0.341 e. The molecule has 0 saturated carbocycles. The predicted octanol–water partition coefficient (Wildman–Crippen LogP) is 1.86. The third kappa shape index (κ3) is 3.13. The van der Waals surface area contributed by atoms with Crippen molar-refractivity contribution in [2.24, 2.45) is 5.92 Å². The molecule has 8 nitrogen and oxygen atoms in total. The van der Waals surface area contributed by atoms with Crippen molar-refractivity contribution in [3.63, 3.8) is 0 Å². The Balaban J connectivity index is 1.35. The van der Waals surface area contributed by atoms with Gasteiger partial charge in [-0.2, -0.15) is 15.0 Å². The van der Waals surface area contributed by atoms with Gasteiger partial charge >= 0.3 is 0 Å². The predicted molar refractivity (Wildman–Crippen MR) is 116 cm³/mol. The van der Waals surface area contributed by atoms with Gasteiger partial charge in [-0.05, 0) is 44.1 Å². The van der Waals surface area contributed by atoms with Crippen molar-refractivity contribution in [1.29, 1.82) is 0 Å². The smallest absolute Gasteiger partial charge is 0.250 e. The summed E-state index contributed by atoms with van der Waals surface area (Å²) in [7, 11) is 0. The lowest BCUT2D eigenvalue weighted by molar-refractivity contribution is 0.279. The fraction of sp³-hybridized carbons (Fsp3) is 0.636. The minimum atomic E-state index is 0.128. The highest BCUT2D eigenvalue weighted by molar-refractivity contribution is 5.48. The van der Waals surface area contributed by atoms with E-state index in [0.29, 0.717) is 11.8 Å². The first kappa shape index (κ1) is 18.2. The van der Waals surface area contributed by atoms with Gasteiger partial charge in [0, 0.05) is 63.5 Å². The van der Waals surface area contributed by atoms with E-state index in [2.05, 4.69) is 20.8 Å². The van der Waals surface area contributed by atoms with Crippen LogP contribution in [0.5, 0.6) is 0 Å². The molecule has 2 aromatic rings. The molecule has 2 aromatic heterocycles. The average Bonchev–Trinajstić information content (AvgIpc) is 3.49. The molecule has 0 aliphatic carbocycles. The number of anilines is 3. The van der Waals surface area contributed by atoms with Gasteiger partial charge in [0.1, 0.15) is 0 Å². The Labute approximate surface area is 176 Å². The van der Waals surface area contributed by atoms with Gasteiger partial charge in [-0.1, -0.05) is 6.07 Å². The Morgan fingerprint density at radius 3 is 1.97 bits per heavy atom. The maximum Gasteiger partial charge on any atom is 0.250 e. The molecule has 0 amide bonds. The van der Waals surface area contributed by atoms with Crippen LogP contribution >= 0.6 is 0 Å². The van der Waals surface area contributed by atoms with Gasteiger partial charge in [-0.3, -0.25) is 4.79 Å². The second kappa shape index (κ2) is 7.25. The molecule has 2 bridgehead atoms. The maximum atomic E-state index is 12.3. The summed E-state index contributed by atoms with van der Waals surface area (Å²) in [6.07, 6.45) is 5.97. The normalized spacial score (nSPS) is 25.7. The number of hydrogen-bond acceptors (Lipinski definition) is 7. The van der Waals surface area contributed by atoms with Gasteiger partial charge in [0.25, 0.3) is 5.56 Å². The molecular weight excluding hydrogens is 378 g/mol. The molecule has 3 fully saturated rings. The summed E-state index contributed by atoms with van der Waals surface area (Å²) in [6, 6.07) is 5.69. The first-order valence-corrected chi connectivity index (χ1v) is 11.5. The van der Waals surface area contributed by atoms with Crippen molar-refractivity contribution in [1.82, 2.24) is 19.5 Å². The Morgan fingerprint density at radius 1 is 0.733 bits per heavy atom. The van der Waals surface area contributed by atoms with Crippen LogP contribution in [0.4, 0.5) is 17.8 Å². The zero-order valence-electron chi connectivity index (χ0n) is 17.4. The maximum absolute atomic E-state index is 12.3. The summed E-state index contributed by atoms with van der Waals surface area (Å²) in [5.41, 5.74) is 1.29. The summed E-state index contributed by atoms with van der Waals surface area (Å²) in [5.74, 6) is 3.31. The molecule has 0 spiro atoms. The number of rotatable bonds is 3.